The third-order valence-electron chi connectivity index (χ3n) is 2.92. The van der Waals surface area contributed by atoms with E-state index in [1.807, 2.05) is 36.4 Å². The van der Waals surface area contributed by atoms with E-state index in [-0.39, 0.29) is 0 Å². The lowest BCUT2D eigenvalue weighted by Gasteiger charge is -2.12. The Morgan fingerprint density at radius 3 is 2.70 bits per heavy atom. The number of anilines is 3. The summed E-state index contributed by atoms with van der Waals surface area (Å²) < 4.78 is 5.36. The van der Waals surface area contributed by atoms with Crippen molar-refractivity contribution in [3.8, 4) is 5.75 Å². The summed E-state index contributed by atoms with van der Waals surface area (Å²) in [4.78, 5) is 4.53. The number of aromatic nitrogens is 1. The fourth-order valence-corrected chi connectivity index (χ4v) is 1.91. The molecule has 0 aliphatic carbocycles. The summed E-state index contributed by atoms with van der Waals surface area (Å²) >= 11 is 0. The lowest BCUT2D eigenvalue weighted by Crippen LogP contribution is -2.03. The van der Waals surface area contributed by atoms with Crippen molar-refractivity contribution in [1.82, 2.24) is 4.98 Å². The van der Waals surface area contributed by atoms with E-state index in [1.54, 1.807) is 7.11 Å². The molecule has 0 spiro atoms. The van der Waals surface area contributed by atoms with Gasteiger partial charge in [-0.15, -0.1) is 0 Å². The monoisotopic (exact) mass is 271 g/mol. The number of benzene rings is 1. The molecule has 20 heavy (non-hydrogen) atoms. The van der Waals surface area contributed by atoms with E-state index in [1.165, 1.54) is 5.56 Å². The highest BCUT2D eigenvalue weighted by molar-refractivity contribution is 5.65. The number of hydrogen-bond donors (Lipinski definition) is 2. The Balaban J connectivity index is 2.19. The van der Waals surface area contributed by atoms with Crippen molar-refractivity contribution in [2.75, 3.05) is 24.3 Å². The van der Waals surface area contributed by atoms with E-state index in [0.717, 1.165) is 36.0 Å². The molecule has 0 aliphatic heterocycles. The first kappa shape index (κ1) is 14.2. The van der Waals surface area contributed by atoms with Gasteiger partial charge in [0.15, 0.2) is 0 Å². The lowest BCUT2D eigenvalue weighted by molar-refractivity contribution is 0.416. The summed E-state index contributed by atoms with van der Waals surface area (Å²) in [6.45, 7) is 5.11. The predicted molar refractivity (Wildman–Crippen MR) is 84.0 cm³/mol. The molecule has 0 amide bonds. The molecule has 4 heteroatoms. The van der Waals surface area contributed by atoms with Gasteiger partial charge in [-0.25, -0.2) is 4.98 Å². The molecule has 0 unspecified atom stereocenters. The van der Waals surface area contributed by atoms with Gasteiger partial charge in [0.1, 0.15) is 17.4 Å². The van der Waals surface area contributed by atoms with Gasteiger partial charge in [0.25, 0.3) is 0 Å². The van der Waals surface area contributed by atoms with Gasteiger partial charge in [0, 0.05) is 6.54 Å². The highest BCUT2D eigenvalue weighted by Crippen LogP contribution is 2.28. The molecule has 1 heterocycles. The fraction of sp³-hybridized carbons (Fsp3) is 0.312. The van der Waals surface area contributed by atoms with E-state index >= 15 is 0 Å². The summed E-state index contributed by atoms with van der Waals surface area (Å²) in [6.07, 6.45) is 1.07. The summed E-state index contributed by atoms with van der Waals surface area (Å²) in [5.41, 5.74) is 2.10. The third-order valence-corrected chi connectivity index (χ3v) is 2.92. The van der Waals surface area contributed by atoms with Gasteiger partial charge in [0.2, 0.25) is 0 Å². The van der Waals surface area contributed by atoms with Crippen molar-refractivity contribution in [2.45, 2.75) is 20.3 Å². The fourth-order valence-electron chi connectivity index (χ4n) is 1.91. The molecule has 1 aromatic carbocycles. The van der Waals surface area contributed by atoms with Gasteiger partial charge in [0.05, 0.1) is 12.8 Å². The number of aryl methyl sites for hydroxylation is 1. The van der Waals surface area contributed by atoms with Crippen LogP contribution in [0.1, 0.15) is 18.9 Å². The van der Waals surface area contributed by atoms with Gasteiger partial charge in [-0.1, -0.05) is 19.1 Å². The number of nitrogens with one attached hydrogen (secondary N) is 2. The average molecular weight is 271 g/mol. The molecular formula is C16H21N3O. The van der Waals surface area contributed by atoms with Gasteiger partial charge < -0.3 is 15.4 Å². The molecule has 0 saturated heterocycles. The predicted octanol–water partition coefficient (Wildman–Crippen LogP) is 3.96. The van der Waals surface area contributed by atoms with Crippen molar-refractivity contribution in [3.05, 3.63) is 42.0 Å². The van der Waals surface area contributed by atoms with Crippen LogP contribution < -0.4 is 15.4 Å². The molecule has 2 N–H and O–H groups in total. The number of ether oxygens (including phenoxy) is 1. The van der Waals surface area contributed by atoms with Crippen LogP contribution in [0.2, 0.25) is 0 Å². The Morgan fingerprint density at radius 2 is 1.95 bits per heavy atom. The van der Waals surface area contributed by atoms with E-state index in [0.29, 0.717) is 0 Å². The second-order valence-corrected chi connectivity index (χ2v) is 4.66. The van der Waals surface area contributed by atoms with Crippen LogP contribution >= 0.6 is 0 Å². The van der Waals surface area contributed by atoms with Crippen LogP contribution in [0.15, 0.2) is 36.4 Å². The normalized spacial score (nSPS) is 10.2. The molecule has 0 fully saturated rings. The van der Waals surface area contributed by atoms with E-state index in [4.69, 9.17) is 4.74 Å². The van der Waals surface area contributed by atoms with Crippen molar-refractivity contribution in [3.63, 3.8) is 0 Å². The van der Waals surface area contributed by atoms with Crippen molar-refractivity contribution in [1.29, 1.82) is 0 Å². The molecule has 0 aliphatic rings. The number of hydrogen-bond acceptors (Lipinski definition) is 4. The standard InChI is InChI=1S/C16H21N3O/c1-4-10-17-15-6-5-7-16(19-15)18-13-11-12(2)8-9-14(13)20-3/h5-9,11H,4,10H2,1-3H3,(H2,17,18,19). The second-order valence-electron chi connectivity index (χ2n) is 4.66. The first-order valence-corrected chi connectivity index (χ1v) is 6.85. The number of nitrogens with zero attached hydrogens (tertiary/aromatic N) is 1. The minimum atomic E-state index is 0.801. The smallest absolute Gasteiger partial charge is 0.142 e. The molecule has 106 valence electrons. The largest absolute Gasteiger partial charge is 0.495 e. The summed E-state index contributed by atoms with van der Waals surface area (Å²) in [7, 11) is 1.67. The van der Waals surface area contributed by atoms with Crippen LogP contribution in [0.4, 0.5) is 17.3 Å². The van der Waals surface area contributed by atoms with Crippen molar-refractivity contribution in [2.24, 2.45) is 0 Å². The molecule has 2 rings (SSSR count). The molecular weight excluding hydrogens is 250 g/mol. The maximum Gasteiger partial charge on any atom is 0.142 e. The Kier molecular flexibility index (Phi) is 4.82. The zero-order chi connectivity index (χ0) is 14.4. The van der Waals surface area contributed by atoms with Crippen molar-refractivity contribution >= 4 is 17.3 Å². The topological polar surface area (TPSA) is 46.2 Å². The Morgan fingerprint density at radius 1 is 1.15 bits per heavy atom. The van der Waals surface area contributed by atoms with Gasteiger partial charge in [-0.05, 0) is 43.2 Å². The van der Waals surface area contributed by atoms with Gasteiger partial charge >= 0.3 is 0 Å². The molecule has 2 aromatic rings. The Bertz CT molecular complexity index is 569. The van der Waals surface area contributed by atoms with E-state index < -0.39 is 0 Å². The summed E-state index contributed by atoms with van der Waals surface area (Å²) in [6, 6.07) is 11.9. The van der Waals surface area contributed by atoms with Crippen LogP contribution in [0.25, 0.3) is 0 Å². The van der Waals surface area contributed by atoms with Gasteiger partial charge in [-0.2, -0.15) is 0 Å². The average Bonchev–Trinajstić information content (AvgIpc) is 2.46. The van der Waals surface area contributed by atoms with Crippen LogP contribution in [-0.2, 0) is 0 Å². The van der Waals surface area contributed by atoms with Gasteiger partial charge in [-0.3, -0.25) is 0 Å². The van der Waals surface area contributed by atoms with E-state index in [2.05, 4.69) is 29.5 Å². The number of rotatable bonds is 6. The minimum Gasteiger partial charge on any atom is -0.495 e. The number of methoxy groups -OCH3 is 1. The first-order chi connectivity index (χ1) is 9.72. The highest BCUT2D eigenvalue weighted by atomic mass is 16.5. The summed E-state index contributed by atoms with van der Waals surface area (Å²) in [5.74, 6) is 2.49. The third kappa shape index (κ3) is 3.63. The maximum absolute atomic E-state index is 5.36. The van der Waals surface area contributed by atoms with Crippen LogP contribution in [0, 0.1) is 6.92 Å². The lowest BCUT2D eigenvalue weighted by atomic mass is 10.2. The highest BCUT2D eigenvalue weighted by Gasteiger charge is 2.04. The number of pyridine rings is 1. The molecule has 4 nitrogen and oxygen atoms in total. The SMILES string of the molecule is CCCNc1cccc(Nc2cc(C)ccc2OC)n1. The second kappa shape index (κ2) is 6.80. The molecule has 1 aromatic heterocycles. The Labute approximate surface area is 120 Å². The zero-order valence-electron chi connectivity index (χ0n) is 12.2. The molecule has 0 atom stereocenters. The molecule has 0 bridgehead atoms. The molecule has 0 radical (unpaired) electrons. The quantitative estimate of drug-likeness (QED) is 0.834. The molecule has 0 saturated carbocycles. The van der Waals surface area contributed by atoms with Crippen LogP contribution in [0.5, 0.6) is 5.75 Å². The first-order valence-electron chi connectivity index (χ1n) is 6.85. The zero-order valence-corrected chi connectivity index (χ0v) is 12.2. The minimum absolute atomic E-state index is 0.801. The van der Waals surface area contributed by atoms with Crippen LogP contribution in [0.3, 0.4) is 0 Å². The van der Waals surface area contributed by atoms with Crippen molar-refractivity contribution < 1.29 is 4.74 Å². The Hall–Kier alpha value is -2.23. The van der Waals surface area contributed by atoms with Crippen LogP contribution in [-0.4, -0.2) is 18.6 Å². The van der Waals surface area contributed by atoms with E-state index in [9.17, 15) is 0 Å². The summed E-state index contributed by atoms with van der Waals surface area (Å²) in [5, 5.41) is 6.58. The maximum atomic E-state index is 5.36.